The summed E-state index contributed by atoms with van der Waals surface area (Å²) in [6, 6.07) is 9.94. The molecule has 20 heavy (non-hydrogen) atoms. The number of H-pyrrole nitrogens is 1. The number of aromatic amines is 1. The average molecular weight is 444 g/mol. The maximum absolute atomic E-state index is 13.2. The summed E-state index contributed by atoms with van der Waals surface area (Å²) in [6.45, 7) is 0. The minimum atomic E-state index is -0.324. The zero-order chi connectivity index (χ0) is 14.3. The predicted molar refractivity (Wildman–Crippen MR) is 88.5 cm³/mol. The molecule has 2 nitrogen and oxygen atoms in total. The largest absolute Gasteiger partial charge is 0.360 e. The van der Waals surface area contributed by atoms with Crippen LogP contribution >= 0.6 is 38.5 Å². The van der Waals surface area contributed by atoms with E-state index >= 15 is 0 Å². The minimum absolute atomic E-state index is 0.0754. The summed E-state index contributed by atoms with van der Waals surface area (Å²) in [7, 11) is 0. The zero-order valence-corrected chi connectivity index (χ0v) is 13.8. The Morgan fingerprint density at radius 3 is 2.75 bits per heavy atom. The molecule has 100 valence electrons. The highest BCUT2D eigenvalue weighted by atomic mass is 127. The van der Waals surface area contributed by atoms with Crippen molar-refractivity contribution < 1.29 is 9.18 Å². The van der Waals surface area contributed by atoms with Gasteiger partial charge in [0.05, 0.1) is 0 Å². The Balaban J connectivity index is 2.15. The molecule has 1 aromatic heterocycles. The number of rotatable bonds is 2. The number of benzene rings is 2. The molecule has 0 spiro atoms. The lowest BCUT2D eigenvalue weighted by molar-refractivity contribution is 0.103. The van der Waals surface area contributed by atoms with Gasteiger partial charge in [0.1, 0.15) is 5.82 Å². The van der Waals surface area contributed by atoms with Crippen LogP contribution in [-0.2, 0) is 0 Å². The third kappa shape index (κ3) is 2.40. The first-order chi connectivity index (χ1) is 9.56. The number of nitrogens with one attached hydrogen (secondary N) is 1. The Bertz CT molecular complexity index is 828. The lowest BCUT2D eigenvalue weighted by Gasteiger charge is -2.04. The number of carbonyl (C=O) groups is 1. The summed E-state index contributed by atoms with van der Waals surface area (Å²) in [4.78, 5) is 15.6. The topological polar surface area (TPSA) is 32.9 Å². The Morgan fingerprint density at radius 1 is 1.15 bits per heavy atom. The Labute approximate surface area is 136 Å². The van der Waals surface area contributed by atoms with Crippen LogP contribution < -0.4 is 0 Å². The number of carbonyl (C=O) groups excluding carboxylic acids is 1. The fraction of sp³-hybridized carbons (Fsp3) is 0. The molecule has 2 aromatic carbocycles. The van der Waals surface area contributed by atoms with Gasteiger partial charge in [-0.1, -0.05) is 15.9 Å². The van der Waals surface area contributed by atoms with Gasteiger partial charge >= 0.3 is 0 Å². The molecule has 0 saturated carbocycles. The van der Waals surface area contributed by atoms with Crippen LogP contribution in [0, 0.1) is 9.39 Å². The second kappa shape index (κ2) is 5.29. The SMILES string of the molecule is O=C(c1cc(Br)ccc1I)c1c[nH]c2cc(F)ccc12. The van der Waals surface area contributed by atoms with E-state index in [0.29, 0.717) is 16.6 Å². The summed E-state index contributed by atoms with van der Waals surface area (Å²) >= 11 is 5.51. The van der Waals surface area contributed by atoms with Crippen molar-refractivity contribution >= 4 is 55.2 Å². The lowest BCUT2D eigenvalue weighted by atomic mass is 10.0. The second-order valence-corrected chi connectivity index (χ2v) is 6.42. The van der Waals surface area contributed by atoms with Crippen molar-refractivity contribution in [2.75, 3.05) is 0 Å². The van der Waals surface area contributed by atoms with Crippen LogP contribution in [0.3, 0.4) is 0 Å². The van der Waals surface area contributed by atoms with Gasteiger partial charge in [-0.25, -0.2) is 4.39 Å². The van der Waals surface area contributed by atoms with Crippen molar-refractivity contribution in [3.63, 3.8) is 0 Å². The minimum Gasteiger partial charge on any atom is -0.360 e. The smallest absolute Gasteiger partial charge is 0.196 e. The molecule has 0 amide bonds. The molecule has 3 aromatic rings. The Hall–Kier alpha value is -1.21. The van der Waals surface area contributed by atoms with Crippen LogP contribution in [0.25, 0.3) is 10.9 Å². The van der Waals surface area contributed by atoms with Gasteiger partial charge in [0, 0.05) is 36.3 Å². The molecule has 5 heteroatoms. The Morgan fingerprint density at radius 2 is 1.95 bits per heavy atom. The molecule has 1 heterocycles. The number of hydrogen-bond donors (Lipinski definition) is 1. The molecule has 1 N–H and O–H groups in total. The molecule has 0 radical (unpaired) electrons. The van der Waals surface area contributed by atoms with E-state index in [0.717, 1.165) is 13.4 Å². The van der Waals surface area contributed by atoms with Gasteiger partial charge in [-0.05, 0) is 59.0 Å². The van der Waals surface area contributed by atoms with E-state index in [9.17, 15) is 9.18 Å². The summed E-state index contributed by atoms with van der Waals surface area (Å²) in [5, 5.41) is 0.729. The Kier molecular flexibility index (Phi) is 3.64. The molecule has 0 atom stereocenters. The second-order valence-electron chi connectivity index (χ2n) is 4.35. The van der Waals surface area contributed by atoms with E-state index < -0.39 is 0 Å². The van der Waals surface area contributed by atoms with Crippen LogP contribution in [0.4, 0.5) is 4.39 Å². The van der Waals surface area contributed by atoms with Crippen molar-refractivity contribution in [1.82, 2.24) is 4.98 Å². The fourth-order valence-electron chi connectivity index (χ4n) is 2.10. The van der Waals surface area contributed by atoms with Gasteiger partial charge in [-0.3, -0.25) is 4.79 Å². The van der Waals surface area contributed by atoms with Crippen LogP contribution in [0.1, 0.15) is 15.9 Å². The highest BCUT2D eigenvalue weighted by Gasteiger charge is 2.17. The molecular formula is C15H8BrFINO. The number of aromatic nitrogens is 1. The molecule has 0 fully saturated rings. The van der Waals surface area contributed by atoms with Gasteiger partial charge in [0.2, 0.25) is 0 Å². The van der Waals surface area contributed by atoms with Gasteiger partial charge in [0.15, 0.2) is 5.78 Å². The van der Waals surface area contributed by atoms with Gasteiger partial charge in [-0.2, -0.15) is 0 Å². The van der Waals surface area contributed by atoms with Crippen molar-refractivity contribution in [1.29, 1.82) is 0 Å². The first-order valence-corrected chi connectivity index (χ1v) is 7.70. The fourth-order valence-corrected chi connectivity index (χ4v) is 3.04. The lowest BCUT2D eigenvalue weighted by Crippen LogP contribution is -2.03. The molecule has 0 aliphatic rings. The number of hydrogen-bond acceptors (Lipinski definition) is 1. The summed E-state index contributed by atoms with van der Waals surface area (Å²) in [5.41, 5.74) is 1.81. The molecule has 0 aliphatic heterocycles. The first-order valence-electron chi connectivity index (χ1n) is 5.82. The van der Waals surface area contributed by atoms with Crippen molar-refractivity contribution in [2.24, 2.45) is 0 Å². The molecule has 3 rings (SSSR count). The van der Waals surface area contributed by atoms with Gasteiger partial charge in [0.25, 0.3) is 0 Å². The molecular weight excluding hydrogens is 436 g/mol. The molecule has 0 bridgehead atoms. The summed E-state index contributed by atoms with van der Waals surface area (Å²) in [5.74, 6) is -0.399. The van der Waals surface area contributed by atoms with Crippen LogP contribution in [0.5, 0.6) is 0 Å². The van der Waals surface area contributed by atoms with Crippen LogP contribution in [0.15, 0.2) is 47.1 Å². The predicted octanol–water partition coefficient (Wildman–Crippen LogP) is 4.91. The van der Waals surface area contributed by atoms with E-state index in [1.54, 1.807) is 18.3 Å². The van der Waals surface area contributed by atoms with E-state index in [1.165, 1.54) is 12.1 Å². The van der Waals surface area contributed by atoms with E-state index in [-0.39, 0.29) is 11.6 Å². The number of halogens is 3. The normalized spacial score (nSPS) is 10.9. The number of fused-ring (bicyclic) bond motifs is 1. The monoisotopic (exact) mass is 443 g/mol. The molecule has 0 aliphatic carbocycles. The van der Waals surface area contributed by atoms with Crippen molar-refractivity contribution in [3.05, 3.63) is 67.6 Å². The molecule has 0 saturated heterocycles. The highest BCUT2D eigenvalue weighted by Crippen LogP contribution is 2.25. The van der Waals surface area contributed by atoms with Crippen molar-refractivity contribution in [2.45, 2.75) is 0 Å². The van der Waals surface area contributed by atoms with E-state index in [4.69, 9.17) is 0 Å². The van der Waals surface area contributed by atoms with Crippen LogP contribution in [-0.4, -0.2) is 10.8 Å². The average Bonchev–Trinajstić information content (AvgIpc) is 2.83. The van der Waals surface area contributed by atoms with E-state index in [1.807, 2.05) is 12.1 Å². The zero-order valence-electron chi connectivity index (χ0n) is 10.1. The first kappa shape index (κ1) is 13.8. The third-order valence-electron chi connectivity index (χ3n) is 3.06. The third-order valence-corrected chi connectivity index (χ3v) is 4.50. The maximum Gasteiger partial charge on any atom is 0.196 e. The van der Waals surface area contributed by atoms with E-state index in [2.05, 4.69) is 43.5 Å². The maximum atomic E-state index is 13.2. The summed E-state index contributed by atoms with van der Waals surface area (Å²) < 4.78 is 14.9. The van der Waals surface area contributed by atoms with Crippen LogP contribution in [0.2, 0.25) is 0 Å². The summed E-state index contributed by atoms with van der Waals surface area (Å²) in [6.07, 6.45) is 1.63. The standard InChI is InChI=1S/C15H8BrFINO/c16-8-1-4-13(18)11(5-8)15(20)12-7-19-14-6-9(17)2-3-10(12)14/h1-7,19H. The quantitative estimate of drug-likeness (QED) is 0.443. The van der Waals surface area contributed by atoms with Gasteiger partial charge < -0.3 is 4.98 Å². The molecule has 0 unspecified atom stereocenters. The van der Waals surface area contributed by atoms with Crippen molar-refractivity contribution in [3.8, 4) is 0 Å². The number of ketones is 1. The highest BCUT2D eigenvalue weighted by molar-refractivity contribution is 14.1. The van der Waals surface area contributed by atoms with Gasteiger partial charge in [-0.15, -0.1) is 0 Å².